The molecular formula is C12H14N2O7. The van der Waals surface area contributed by atoms with Crippen molar-refractivity contribution in [3.8, 4) is 6.01 Å². The van der Waals surface area contributed by atoms with Gasteiger partial charge in [0.15, 0.2) is 12.3 Å². The van der Waals surface area contributed by atoms with Crippen molar-refractivity contribution in [3.63, 3.8) is 0 Å². The van der Waals surface area contributed by atoms with Crippen LogP contribution in [0.2, 0.25) is 0 Å². The predicted molar refractivity (Wildman–Crippen MR) is 65.6 cm³/mol. The molecule has 2 N–H and O–H groups in total. The molecule has 0 aliphatic carbocycles. The van der Waals surface area contributed by atoms with Crippen LogP contribution in [0.25, 0.3) is 0 Å². The lowest BCUT2D eigenvalue weighted by Crippen LogP contribution is -2.34. The Hall–Kier alpha value is -1.97. The van der Waals surface area contributed by atoms with Gasteiger partial charge < -0.3 is 24.4 Å². The minimum atomic E-state index is -1.03. The first kappa shape index (κ1) is 14.0. The summed E-state index contributed by atoms with van der Waals surface area (Å²) < 4.78 is 16.8. The fourth-order valence-electron chi connectivity index (χ4n) is 2.45. The molecule has 0 bridgehead atoms. The first-order valence-corrected chi connectivity index (χ1v) is 6.35. The van der Waals surface area contributed by atoms with Crippen LogP contribution in [-0.2, 0) is 20.7 Å². The van der Waals surface area contributed by atoms with E-state index < -0.39 is 36.1 Å². The van der Waals surface area contributed by atoms with Gasteiger partial charge in [-0.25, -0.2) is 0 Å². The molecule has 9 nitrogen and oxygen atoms in total. The van der Waals surface area contributed by atoms with Gasteiger partial charge in [0.2, 0.25) is 0 Å². The van der Waals surface area contributed by atoms with E-state index in [1.807, 2.05) is 0 Å². The standard InChI is InChI=1S/C12H14N2O7/c1-19-7(16)2-5-3-14-11-9(8(17)6(4-15)20-11)21-12(14)13-10(5)18/h3,6,8-9,11,15,17H,2,4H2,1H3/t6-,8-,9+,11-/m1/s1. The summed E-state index contributed by atoms with van der Waals surface area (Å²) >= 11 is 0. The van der Waals surface area contributed by atoms with Gasteiger partial charge in [-0.05, 0) is 0 Å². The number of methoxy groups -OCH3 is 1. The van der Waals surface area contributed by atoms with Crippen LogP contribution >= 0.6 is 0 Å². The fourth-order valence-corrected chi connectivity index (χ4v) is 2.45. The van der Waals surface area contributed by atoms with Crippen LogP contribution in [0.15, 0.2) is 11.0 Å². The van der Waals surface area contributed by atoms with Crippen LogP contribution in [-0.4, -0.2) is 57.8 Å². The number of carbonyl (C=O) groups is 1. The average Bonchev–Trinajstić information content (AvgIpc) is 2.96. The topological polar surface area (TPSA) is 120 Å². The number of nitrogens with zero attached hydrogens (tertiary/aromatic N) is 2. The van der Waals surface area contributed by atoms with E-state index in [1.165, 1.54) is 17.9 Å². The van der Waals surface area contributed by atoms with Crippen molar-refractivity contribution < 1.29 is 29.2 Å². The molecule has 1 saturated heterocycles. The van der Waals surface area contributed by atoms with Crippen LogP contribution in [0.1, 0.15) is 11.8 Å². The summed E-state index contributed by atoms with van der Waals surface area (Å²) in [6.45, 7) is -0.352. The lowest BCUT2D eigenvalue weighted by atomic mass is 10.1. The molecular weight excluding hydrogens is 284 g/mol. The highest BCUT2D eigenvalue weighted by Gasteiger charge is 2.51. The third-order valence-electron chi connectivity index (χ3n) is 3.56. The molecule has 0 aromatic carbocycles. The highest BCUT2D eigenvalue weighted by Crippen LogP contribution is 2.38. The average molecular weight is 298 g/mol. The van der Waals surface area contributed by atoms with Gasteiger partial charge in [0.05, 0.1) is 20.1 Å². The number of aliphatic hydroxyl groups is 2. The van der Waals surface area contributed by atoms with Gasteiger partial charge in [0.1, 0.15) is 12.2 Å². The summed E-state index contributed by atoms with van der Waals surface area (Å²) in [5, 5.41) is 19.1. The molecule has 1 aromatic rings. The van der Waals surface area contributed by atoms with Crippen LogP contribution < -0.4 is 10.3 Å². The lowest BCUT2D eigenvalue weighted by molar-refractivity contribution is -0.139. The fraction of sp³-hybridized carbons (Fsp3) is 0.583. The molecule has 21 heavy (non-hydrogen) atoms. The van der Waals surface area contributed by atoms with Gasteiger partial charge in [0, 0.05) is 11.8 Å². The van der Waals surface area contributed by atoms with Crippen molar-refractivity contribution in [2.24, 2.45) is 0 Å². The van der Waals surface area contributed by atoms with Gasteiger partial charge in [0.25, 0.3) is 5.56 Å². The van der Waals surface area contributed by atoms with E-state index in [4.69, 9.17) is 14.6 Å². The molecule has 9 heteroatoms. The molecule has 1 fully saturated rings. The third kappa shape index (κ3) is 2.19. The Morgan fingerprint density at radius 3 is 3.00 bits per heavy atom. The first-order valence-electron chi connectivity index (χ1n) is 6.35. The maximum atomic E-state index is 11.8. The van der Waals surface area contributed by atoms with E-state index in [0.29, 0.717) is 0 Å². The van der Waals surface area contributed by atoms with Gasteiger partial charge in [-0.1, -0.05) is 0 Å². The molecule has 3 rings (SSSR count). The Bertz CT molecular complexity index is 629. The minimum absolute atomic E-state index is 0.0130. The molecule has 0 radical (unpaired) electrons. The second-order valence-corrected chi connectivity index (χ2v) is 4.83. The minimum Gasteiger partial charge on any atom is -0.469 e. The zero-order chi connectivity index (χ0) is 15.1. The molecule has 0 saturated carbocycles. The molecule has 0 amide bonds. The summed E-state index contributed by atoms with van der Waals surface area (Å²) in [6, 6.07) is 0.0130. The van der Waals surface area contributed by atoms with Crippen molar-refractivity contribution in [2.75, 3.05) is 13.7 Å². The summed E-state index contributed by atoms with van der Waals surface area (Å²) in [6.07, 6.45) is -2.05. The van der Waals surface area contributed by atoms with Crippen LogP contribution in [0, 0.1) is 0 Å². The van der Waals surface area contributed by atoms with Crippen LogP contribution in [0.5, 0.6) is 6.01 Å². The number of ether oxygens (including phenoxy) is 3. The van der Waals surface area contributed by atoms with E-state index >= 15 is 0 Å². The normalized spacial score (nSPS) is 29.7. The van der Waals surface area contributed by atoms with Gasteiger partial charge in [-0.3, -0.25) is 14.2 Å². The molecule has 4 atom stereocenters. The number of hydrogen-bond donors (Lipinski definition) is 2. The number of aromatic nitrogens is 2. The van der Waals surface area contributed by atoms with Gasteiger partial charge in [-0.15, -0.1) is 0 Å². The smallest absolute Gasteiger partial charge is 0.310 e. The Labute approximate surface area is 118 Å². The molecule has 3 heterocycles. The summed E-state index contributed by atoms with van der Waals surface area (Å²) in [4.78, 5) is 26.8. The van der Waals surface area contributed by atoms with Crippen molar-refractivity contribution in [1.29, 1.82) is 0 Å². The number of rotatable bonds is 3. The third-order valence-corrected chi connectivity index (χ3v) is 3.56. The zero-order valence-electron chi connectivity index (χ0n) is 11.1. The van der Waals surface area contributed by atoms with E-state index in [-0.39, 0.29) is 24.6 Å². The van der Waals surface area contributed by atoms with Crippen LogP contribution in [0.4, 0.5) is 0 Å². The van der Waals surface area contributed by atoms with Crippen molar-refractivity contribution in [3.05, 3.63) is 22.1 Å². The Morgan fingerprint density at radius 2 is 2.33 bits per heavy atom. The van der Waals surface area contributed by atoms with E-state index in [2.05, 4.69) is 9.72 Å². The van der Waals surface area contributed by atoms with E-state index in [9.17, 15) is 14.7 Å². The second-order valence-electron chi connectivity index (χ2n) is 4.83. The number of hydrogen-bond acceptors (Lipinski definition) is 8. The lowest BCUT2D eigenvalue weighted by Gasteiger charge is -2.14. The largest absolute Gasteiger partial charge is 0.469 e. The monoisotopic (exact) mass is 298 g/mol. The predicted octanol–water partition coefficient (Wildman–Crippen LogP) is -2.03. The number of fused-ring (bicyclic) bond motifs is 3. The number of carbonyl (C=O) groups excluding carboxylic acids is 1. The van der Waals surface area contributed by atoms with Crippen molar-refractivity contribution in [2.45, 2.75) is 31.0 Å². The second kappa shape index (κ2) is 5.10. The van der Waals surface area contributed by atoms with Crippen molar-refractivity contribution >= 4 is 5.97 Å². The van der Waals surface area contributed by atoms with Crippen LogP contribution in [0.3, 0.4) is 0 Å². The molecule has 0 spiro atoms. The summed E-state index contributed by atoms with van der Waals surface area (Å²) in [5.74, 6) is -0.564. The quantitative estimate of drug-likeness (QED) is 0.613. The zero-order valence-corrected chi connectivity index (χ0v) is 11.1. The SMILES string of the molecule is COC(=O)Cc1cn2c(nc1=O)O[C@H]1[C@H](O)[C@@H](CO)O[C@H]12. The molecule has 0 unspecified atom stereocenters. The highest BCUT2D eigenvalue weighted by molar-refractivity contribution is 5.72. The molecule has 114 valence electrons. The van der Waals surface area contributed by atoms with E-state index in [1.54, 1.807) is 0 Å². The molecule has 2 aliphatic rings. The van der Waals surface area contributed by atoms with Gasteiger partial charge >= 0.3 is 12.0 Å². The van der Waals surface area contributed by atoms with Crippen molar-refractivity contribution in [1.82, 2.24) is 9.55 Å². The maximum absolute atomic E-state index is 11.8. The Balaban J connectivity index is 1.93. The molecule has 2 aliphatic heterocycles. The number of aliphatic hydroxyl groups excluding tert-OH is 2. The Kier molecular flexibility index (Phi) is 3.40. The highest BCUT2D eigenvalue weighted by atomic mass is 16.6. The van der Waals surface area contributed by atoms with Gasteiger partial charge in [-0.2, -0.15) is 4.98 Å². The van der Waals surface area contributed by atoms with E-state index in [0.717, 1.165) is 0 Å². The summed E-state index contributed by atoms with van der Waals surface area (Å²) in [5.41, 5.74) is -0.458. The first-order chi connectivity index (χ1) is 10.0. The summed E-state index contributed by atoms with van der Waals surface area (Å²) in [7, 11) is 1.22. The molecule has 1 aromatic heterocycles. The number of esters is 1. The Morgan fingerprint density at radius 1 is 1.57 bits per heavy atom. The maximum Gasteiger partial charge on any atom is 0.310 e.